The Morgan fingerprint density at radius 1 is 1.12 bits per heavy atom. The predicted octanol–water partition coefficient (Wildman–Crippen LogP) is 3.31. The fourth-order valence-electron chi connectivity index (χ4n) is 4.43. The van der Waals surface area contributed by atoms with Crippen molar-refractivity contribution >= 4 is 11.6 Å². The van der Waals surface area contributed by atoms with Crippen LogP contribution in [0.2, 0.25) is 0 Å². The first-order valence-electron chi connectivity index (χ1n) is 9.96. The number of nitrogens with one attached hydrogen (secondary N) is 2. The molecule has 2 N–H and O–H groups in total. The third-order valence-corrected chi connectivity index (χ3v) is 5.89. The molecule has 1 aliphatic carbocycles. The number of amides is 1. The summed E-state index contributed by atoms with van der Waals surface area (Å²) in [4.78, 5) is 32.6. The summed E-state index contributed by atoms with van der Waals surface area (Å²) in [5.41, 5.74) is -2.03. The molecule has 0 unspecified atom stereocenters. The third kappa shape index (κ3) is 2.91. The maximum Gasteiger partial charge on any atom is 0.430 e. The van der Waals surface area contributed by atoms with Gasteiger partial charge < -0.3 is 15.0 Å². The first-order valence-corrected chi connectivity index (χ1v) is 9.96. The van der Waals surface area contributed by atoms with Gasteiger partial charge in [-0.2, -0.15) is 13.2 Å². The summed E-state index contributed by atoms with van der Waals surface area (Å²) in [6.45, 7) is 0. The van der Waals surface area contributed by atoms with Gasteiger partial charge in [0, 0.05) is 30.6 Å². The first-order chi connectivity index (χ1) is 15.8. The number of methoxy groups -OCH3 is 1. The van der Waals surface area contributed by atoms with E-state index in [4.69, 9.17) is 4.74 Å². The quantitative estimate of drug-likeness (QED) is 0.495. The smallest absolute Gasteiger partial charge is 0.356 e. The van der Waals surface area contributed by atoms with Crippen LogP contribution >= 0.6 is 0 Å². The average molecular weight is 454 g/mol. The molecule has 0 aliphatic heterocycles. The van der Waals surface area contributed by atoms with Crippen molar-refractivity contribution in [3.8, 4) is 11.3 Å². The lowest BCUT2D eigenvalue weighted by molar-refractivity contribution is -0.266. The molecule has 168 valence electrons. The first kappa shape index (κ1) is 21.0. The molecule has 0 fully saturated rings. The lowest BCUT2D eigenvalue weighted by Gasteiger charge is -2.34. The summed E-state index contributed by atoms with van der Waals surface area (Å²) in [6.07, 6.45) is -2.12. The SMILES string of the molecule is CO[C@@](C(=O)N[C@@H]1c2ccccc2-c2[nH]c(=O)c3nccn3c21)(c1ccccc1)C(F)(F)F. The number of aromatic amines is 1. The maximum absolute atomic E-state index is 14.4. The van der Waals surface area contributed by atoms with Gasteiger partial charge >= 0.3 is 6.18 Å². The number of H-pyrrole nitrogens is 1. The van der Waals surface area contributed by atoms with Gasteiger partial charge in [0.25, 0.3) is 17.1 Å². The molecule has 2 aromatic heterocycles. The van der Waals surface area contributed by atoms with E-state index in [1.165, 1.54) is 41.1 Å². The zero-order valence-corrected chi connectivity index (χ0v) is 17.2. The number of rotatable bonds is 4. The minimum absolute atomic E-state index is 0.0673. The largest absolute Gasteiger partial charge is 0.430 e. The van der Waals surface area contributed by atoms with E-state index in [-0.39, 0.29) is 11.2 Å². The zero-order valence-electron chi connectivity index (χ0n) is 17.2. The Balaban J connectivity index is 1.69. The van der Waals surface area contributed by atoms with E-state index < -0.39 is 29.3 Å². The van der Waals surface area contributed by atoms with E-state index in [1.807, 2.05) is 0 Å². The molecule has 0 spiro atoms. The number of aromatic nitrogens is 3. The van der Waals surface area contributed by atoms with Gasteiger partial charge in [-0.15, -0.1) is 0 Å². The highest BCUT2D eigenvalue weighted by Gasteiger charge is 2.63. The van der Waals surface area contributed by atoms with Crippen LogP contribution in [0.3, 0.4) is 0 Å². The van der Waals surface area contributed by atoms with Crippen LogP contribution in [0.25, 0.3) is 16.9 Å². The van der Waals surface area contributed by atoms with Crippen LogP contribution < -0.4 is 10.9 Å². The topological polar surface area (TPSA) is 88.5 Å². The Morgan fingerprint density at radius 2 is 1.82 bits per heavy atom. The number of ether oxygens (including phenoxy) is 1. The van der Waals surface area contributed by atoms with Crippen LogP contribution in [0, 0.1) is 0 Å². The second-order valence-corrected chi connectivity index (χ2v) is 7.58. The number of nitrogens with zero attached hydrogens (tertiary/aromatic N) is 2. The maximum atomic E-state index is 14.4. The van der Waals surface area contributed by atoms with Crippen molar-refractivity contribution in [3.63, 3.8) is 0 Å². The zero-order chi connectivity index (χ0) is 23.4. The van der Waals surface area contributed by atoms with Gasteiger partial charge in [0.1, 0.15) is 0 Å². The van der Waals surface area contributed by atoms with Crippen molar-refractivity contribution < 1.29 is 22.7 Å². The Kier molecular flexibility index (Phi) is 4.64. The highest BCUT2D eigenvalue weighted by Crippen LogP contribution is 2.45. The van der Waals surface area contributed by atoms with Gasteiger partial charge in [-0.25, -0.2) is 4.98 Å². The number of carbonyl (C=O) groups excluding carboxylic acids is 1. The molecule has 7 nitrogen and oxygen atoms in total. The standard InChI is InChI=1S/C23H17F3N4O3/c1-33-22(23(24,25)26,13-7-3-2-4-8-13)21(32)29-17-15-10-6-5-9-14(15)16-18(17)30-12-11-27-19(30)20(31)28-16/h2-12,17H,1H3,(H,28,31)(H,29,32)/t17-,22-/m1/s1. The molecule has 1 aliphatic rings. The molecular formula is C23H17F3N4O3. The minimum Gasteiger partial charge on any atom is -0.356 e. The summed E-state index contributed by atoms with van der Waals surface area (Å²) < 4.78 is 49.5. The number of alkyl halides is 3. The molecule has 33 heavy (non-hydrogen) atoms. The molecular weight excluding hydrogens is 437 g/mol. The molecule has 2 heterocycles. The number of hydrogen-bond donors (Lipinski definition) is 2. The van der Waals surface area contributed by atoms with Crippen molar-refractivity contribution in [1.29, 1.82) is 0 Å². The number of halogens is 3. The molecule has 1 amide bonds. The van der Waals surface area contributed by atoms with Crippen LogP contribution in [-0.2, 0) is 15.1 Å². The summed E-state index contributed by atoms with van der Waals surface area (Å²) in [5, 5.41) is 2.53. The molecule has 0 radical (unpaired) electrons. The lowest BCUT2D eigenvalue weighted by atomic mass is 9.91. The lowest BCUT2D eigenvalue weighted by Crippen LogP contribution is -2.56. The van der Waals surface area contributed by atoms with Crippen molar-refractivity contribution in [2.75, 3.05) is 7.11 Å². The monoisotopic (exact) mass is 454 g/mol. The van der Waals surface area contributed by atoms with Crippen molar-refractivity contribution in [2.24, 2.45) is 0 Å². The molecule has 0 saturated heterocycles. The summed E-state index contributed by atoms with van der Waals surface area (Å²) >= 11 is 0. The molecule has 5 rings (SSSR count). The van der Waals surface area contributed by atoms with Crippen LogP contribution in [0.1, 0.15) is 22.9 Å². The fraction of sp³-hybridized carbons (Fsp3) is 0.174. The molecule has 0 bridgehead atoms. The molecule has 4 aromatic rings. The van der Waals surface area contributed by atoms with Gasteiger partial charge in [-0.05, 0) is 5.56 Å². The van der Waals surface area contributed by atoms with Crippen molar-refractivity contribution in [3.05, 3.63) is 94.2 Å². The number of imidazole rings is 1. The van der Waals surface area contributed by atoms with Crippen LogP contribution in [0.4, 0.5) is 13.2 Å². The highest BCUT2D eigenvalue weighted by molar-refractivity contribution is 5.90. The summed E-state index contributed by atoms with van der Waals surface area (Å²) in [7, 11) is 0.849. The van der Waals surface area contributed by atoms with E-state index in [9.17, 15) is 22.8 Å². The second kappa shape index (κ2) is 7.31. The number of hydrogen-bond acceptors (Lipinski definition) is 4. The van der Waals surface area contributed by atoms with E-state index in [0.717, 1.165) is 7.11 Å². The second-order valence-electron chi connectivity index (χ2n) is 7.58. The van der Waals surface area contributed by atoms with Gasteiger partial charge in [0.2, 0.25) is 5.65 Å². The van der Waals surface area contributed by atoms with Crippen LogP contribution in [0.5, 0.6) is 0 Å². The van der Waals surface area contributed by atoms with Gasteiger partial charge in [0.15, 0.2) is 0 Å². The van der Waals surface area contributed by atoms with Gasteiger partial charge in [-0.1, -0.05) is 54.6 Å². The third-order valence-electron chi connectivity index (χ3n) is 5.89. The van der Waals surface area contributed by atoms with E-state index in [1.54, 1.807) is 30.3 Å². The normalized spacial score (nSPS) is 16.8. The Labute approximate surface area is 184 Å². The fourth-order valence-corrected chi connectivity index (χ4v) is 4.43. The molecule has 2 atom stereocenters. The summed E-state index contributed by atoms with van der Waals surface area (Å²) in [5.74, 6) is -1.38. The number of fused-ring (bicyclic) bond motifs is 5. The van der Waals surface area contributed by atoms with Gasteiger partial charge in [-0.3, -0.25) is 14.0 Å². The Morgan fingerprint density at radius 3 is 2.52 bits per heavy atom. The number of carbonyl (C=O) groups is 1. The van der Waals surface area contributed by atoms with Crippen LogP contribution in [-0.4, -0.2) is 33.6 Å². The van der Waals surface area contributed by atoms with E-state index in [0.29, 0.717) is 22.5 Å². The Bertz CT molecular complexity index is 1430. The van der Waals surface area contributed by atoms with E-state index in [2.05, 4.69) is 15.3 Å². The van der Waals surface area contributed by atoms with E-state index >= 15 is 0 Å². The summed E-state index contributed by atoms with van der Waals surface area (Å²) in [6, 6.07) is 12.6. The average Bonchev–Trinajstić information content (AvgIpc) is 3.39. The van der Waals surface area contributed by atoms with Crippen LogP contribution in [0.15, 0.2) is 71.8 Å². The van der Waals surface area contributed by atoms with Gasteiger partial charge in [0.05, 0.1) is 17.4 Å². The Hall–Kier alpha value is -3.92. The molecule has 10 heteroatoms. The minimum atomic E-state index is -5.05. The predicted molar refractivity (Wildman–Crippen MR) is 112 cm³/mol. The number of benzene rings is 2. The van der Waals surface area contributed by atoms with Crippen molar-refractivity contribution in [2.45, 2.75) is 17.8 Å². The molecule has 0 saturated carbocycles. The highest BCUT2D eigenvalue weighted by atomic mass is 19.4. The molecule has 2 aromatic carbocycles. The van der Waals surface area contributed by atoms with Crippen molar-refractivity contribution in [1.82, 2.24) is 19.7 Å².